The minimum Gasteiger partial charge on any atom is -0.322 e. The summed E-state index contributed by atoms with van der Waals surface area (Å²) in [4.78, 5) is 37.9. The van der Waals surface area contributed by atoms with Crippen LogP contribution in [-0.2, 0) is 22.7 Å². The Bertz CT molecular complexity index is 846. The second kappa shape index (κ2) is 7.54. The summed E-state index contributed by atoms with van der Waals surface area (Å²) in [5.41, 5.74) is 2.79. The lowest BCUT2D eigenvalue weighted by atomic mass is 9.76. The highest BCUT2D eigenvalue weighted by atomic mass is 16.2. The maximum absolute atomic E-state index is 12.8. The molecule has 3 amide bonds. The van der Waals surface area contributed by atoms with Gasteiger partial charge in [0.15, 0.2) is 0 Å². The van der Waals surface area contributed by atoms with Crippen LogP contribution in [0, 0.1) is 5.92 Å². The van der Waals surface area contributed by atoms with Crippen molar-refractivity contribution in [1.82, 2.24) is 20.9 Å². The molecule has 0 radical (unpaired) electrons. The van der Waals surface area contributed by atoms with Crippen LogP contribution in [0.3, 0.4) is 0 Å². The van der Waals surface area contributed by atoms with Gasteiger partial charge >= 0.3 is 0 Å². The Kier molecular flexibility index (Phi) is 4.87. The normalized spacial score (nSPS) is 31.2. The molecule has 4 aliphatic heterocycles. The van der Waals surface area contributed by atoms with Gasteiger partial charge in [-0.05, 0) is 55.2 Å². The van der Waals surface area contributed by atoms with Crippen molar-refractivity contribution in [2.75, 3.05) is 6.54 Å². The summed E-state index contributed by atoms with van der Waals surface area (Å²) >= 11 is 0. The molecule has 1 aromatic rings. The van der Waals surface area contributed by atoms with Gasteiger partial charge in [0, 0.05) is 43.7 Å². The number of hydrogen-bond acceptors (Lipinski definition) is 5. The van der Waals surface area contributed by atoms with Gasteiger partial charge in [-0.15, -0.1) is 0 Å². The molecule has 2 bridgehead atoms. The van der Waals surface area contributed by atoms with Crippen LogP contribution in [0.1, 0.15) is 60.0 Å². The van der Waals surface area contributed by atoms with Crippen LogP contribution in [0.4, 0.5) is 0 Å². The highest BCUT2D eigenvalue weighted by Gasteiger charge is 2.39. The summed E-state index contributed by atoms with van der Waals surface area (Å²) in [7, 11) is 0. The summed E-state index contributed by atoms with van der Waals surface area (Å²) in [6.45, 7) is 2.18. The number of fused-ring (bicyclic) bond motifs is 4. The van der Waals surface area contributed by atoms with E-state index < -0.39 is 6.04 Å². The summed E-state index contributed by atoms with van der Waals surface area (Å²) in [5.74, 6) is 0.0617. The van der Waals surface area contributed by atoms with Gasteiger partial charge in [-0.1, -0.05) is 12.1 Å². The zero-order valence-electron chi connectivity index (χ0n) is 16.6. The number of nitrogens with one attached hydrogen (secondary N) is 3. The molecule has 3 saturated heterocycles. The lowest BCUT2D eigenvalue weighted by Crippen LogP contribution is -2.55. The Hall–Kier alpha value is -2.25. The summed E-state index contributed by atoms with van der Waals surface area (Å²) in [6.07, 6.45) is 6.02. The largest absolute Gasteiger partial charge is 0.322 e. The SMILES string of the molecule is O=C1CCC(N2Cc3cc(CNCC4NC5CCC4CC5)ccc3C2=O)C(=O)N1. The van der Waals surface area contributed by atoms with Crippen molar-refractivity contribution in [3.05, 3.63) is 34.9 Å². The minimum atomic E-state index is -0.554. The van der Waals surface area contributed by atoms with Gasteiger partial charge in [-0.2, -0.15) is 0 Å². The number of nitrogens with zero attached hydrogens (tertiary/aromatic N) is 1. The molecule has 7 heteroatoms. The van der Waals surface area contributed by atoms with Gasteiger partial charge in [0.25, 0.3) is 5.91 Å². The van der Waals surface area contributed by atoms with Crippen molar-refractivity contribution in [3.63, 3.8) is 0 Å². The number of benzene rings is 1. The first-order valence-corrected chi connectivity index (χ1v) is 10.8. The zero-order valence-corrected chi connectivity index (χ0v) is 16.6. The molecule has 3 N–H and O–H groups in total. The van der Waals surface area contributed by atoms with E-state index in [0.29, 0.717) is 30.6 Å². The lowest BCUT2D eigenvalue weighted by Gasteiger charge is -2.43. The van der Waals surface area contributed by atoms with Gasteiger partial charge in [-0.25, -0.2) is 0 Å². The van der Waals surface area contributed by atoms with E-state index in [1.165, 1.54) is 25.7 Å². The van der Waals surface area contributed by atoms with Crippen molar-refractivity contribution >= 4 is 17.7 Å². The maximum atomic E-state index is 12.8. The molecule has 1 saturated carbocycles. The molecule has 4 fully saturated rings. The Morgan fingerprint density at radius 1 is 1.07 bits per heavy atom. The molecule has 29 heavy (non-hydrogen) atoms. The lowest BCUT2D eigenvalue weighted by molar-refractivity contribution is -0.136. The van der Waals surface area contributed by atoms with Gasteiger partial charge in [0.05, 0.1) is 0 Å². The molecule has 2 unspecified atom stereocenters. The van der Waals surface area contributed by atoms with Crippen molar-refractivity contribution in [2.24, 2.45) is 5.92 Å². The predicted octanol–water partition coefficient (Wildman–Crippen LogP) is 1.07. The van der Waals surface area contributed by atoms with E-state index in [-0.39, 0.29) is 24.1 Å². The monoisotopic (exact) mass is 396 g/mol. The number of piperidine rings is 3. The second-order valence-corrected chi connectivity index (χ2v) is 8.91. The molecule has 0 spiro atoms. The molecule has 0 aromatic heterocycles. The van der Waals surface area contributed by atoms with E-state index in [9.17, 15) is 14.4 Å². The third kappa shape index (κ3) is 3.57. The maximum Gasteiger partial charge on any atom is 0.255 e. The fourth-order valence-corrected chi connectivity index (χ4v) is 5.46. The van der Waals surface area contributed by atoms with E-state index in [0.717, 1.165) is 30.1 Å². The summed E-state index contributed by atoms with van der Waals surface area (Å²) in [6, 6.07) is 6.67. The highest BCUT2D eigenvalue weighted by molar-refractivity contribution is 6.05. The standard InChI is InChI=1S/C22H28N4O3/c27-20-8-7-19(21(28)25-20)26-12-15-9-13(1-6-17(15)22(26)29)10-23-11-18-14-2-4-16(24-18)5-3-14/h1,6,9,14,16,18-19,23-24H,2-5,7-8,10-12H2,(H,25,27,28). The molecule has 4 heterocycles. The van der Waals surface area contributed by atoms with Gasteiger partial charge in [0.2, 0.25) is 11.8 Å². The van der Waals surface area contributed by atoms with E-state index in [4.69, 9.17) is 0 Å². The van der Waals surface area contributed by atoms with Crippen molar-refractivity contribution in [2.45, 2.75) is 69.7 Å². The number of carbonyl (C=O) groups excluding carboxylic acids is 3. The van der Waals surface area contributed by atoms with E-state index in [1.807, 2.05) is 12.1 Å². The second-order valence-electron chi connectivity index (χ2n) is 8.91. The molecule has 6 rings (SSSR count). The van der Waals surface area contributed by atoms with Crippen LogP contribution in [0.5, 0.6) is 0 Å². The van der Waals surface area contributed by atoms with Crippen LogP contribution in [-0.4, -0.2) is 47.3 Å². The van der Waals surface area contributed by atoms with Crippen molar-refractivity contribution in [1.29, 1.82) is 0 Å². The molecule has 1 aliphatic carbocycles. The Morgan fingerprint density at radius 3 is 2.62 bits per heavy atom. The number of hydrogen-bond donors (Lipinski definition) is 3. The van der Waals surface area contributed by atoms with Crippen LogP contribution < -0.4 is 16.0 Å². The third-order valence-electron chi connectivity index (χ3n) is 7.07. The average Bonchev–Trinajstić information content (AvgIpc) is 3.05. The molecule has 1 aromatic carbocycles. The fourth-order valence-electron chi connectivity index (χ4n) is 5.46. The number of carbonyl (C=O) groups is 3. The first kappa shape index (κ1) is 18.8. The van der Waals surface area contributed by atoms with Crippen LogP contribution in [0.25, 0.3) is 0 Å². The number of imide groups is 1. The van der Waals surface area contributed by atoms with E-state index in [2.05, 4.69) is 22.0 Å². The molecule has 7 nitrogen and oxygen atoms in total. The molecule has 2 atom stereocenters. The van der Waals surface area contributed by atoms with Gasteiger partial charge in [-0.3, -0.25) is 19.7 Å². The Labute approximate surface area is 170 Å². The minimum absolute atomic E-state index is 0.114. The Balaban J connectivity index is 1.20. The third-order valence-corrected chi connectivity index (χ3v) is 7.07. The zero-order chi connectivity index (χ0) is 20.0. The number of amides is 3. The van der Waals surface area contributed by atoms with Crippen LogP contribution >= 0.6 is 0 Å². The molecule has 154 valence electrons. The van der Waals surface area contributed by atoms with Crippen molar-refractivity contribution in [3.8, 4) is 0 Å². The topological polar surface area (TPSA) is 90.5 Å². The summed E-state index contributed by atoms with van der Waals surface area (Å²) < 4.78 is 0. The van der Waals surface area contributed by atoms with Crippen LogP contribution in [0.2, 0.25) is 0 Å². The molecule has 5 aliphatic rings. The molecular formula is C22H28N4O3. The van der Waals surface area contributed by atoms with Crippen molar-refractivity contribution < 1.29 is 14.4 Å². The predicted molar refractivity (Wildman–Crippen MR) is 107 cm³/mol. The number of rotatable bonds is 5. The Morgan fingerprint density at radius 2 is 1.90 bits per heavy atom. The fraction of sp³-hybridized carbons (Fsp3) is 0.591. The summed E-state index contributed by atoms with van der Waals surface area (Å²) in [5, 5.41) is 9.69. The quantitative estimate of drug-likeness (QED) is 0.648. The first-order valence-electron chi connectivity index (χ1n) is 10.8. The first-order chi connectivity index (χ1) is 14.1. The molecular weight excluding hydrogens is 368 g/mol. The van der Waals surface area contributed by atoms with Crippen LogP contribution in [0.15, 0.2) is 18.2 Å². The van der Waals surface area contributed by atoms with E-state index in [1.54, 1.807) is 4.90 Å². The highest BCUT2D eigenvalue weighted by Crippen LogP contribution is 2.33. The average molecular weight is 396 g/mol. The van der Waals surface area contributed by atoms with Gasteiger partial charge in [0.1, 0.15) is 6.04 Å². The van der Waals surface area contributed by atoms with Gasteiger partial charge < -0.3 is 15.5 Å². The van der Waals surface area contributed by atoms with E-state index >= 15 is 0 Å². The smallest absolute Gasteiger partial charge is 0.255 e.